The quantitative estimate of drug-likeness (QED) is 0.803. The molecule has 1 aliphatic heterocycles. The van der Waals surface area contributed by atoms with Gasteiger partial charge in [-0.3, -0.25) is 9.69 Å². The van der Waals surface area contributed by atoms with Crippen LogP contribution in [0.1, 0.15) is 16.7 Å². The largest absolute Gasteiger partial charge is 0.351 e. The second-order valence-corrected chi connectivity index (χ2v) is 9.13. The Morgan fingerprint density at radius 1 is 0.964 bits per heavy atom. The number of nitrogens with one attached hydrogen (secondary N) is 1. The molecule has 1 heterocycles. The summed E-state index contributed by atoms with van der Waals surface area (Å²) in [6.45, 7) is 6.53. The SMILES string of the molecule is Cc1ccc(S(=O)(=O)N2CCN(CC(=O)NCc3ccccc3)CC2)cc1C. The molecule has 1 amide bonds. The Hall–Kier alpha value is -2.22. The van der Waals surface area contributed by atoms with Crippen molar-refractivity contribution in [2.45, 2.75) is 25.3 Å². The number of piperazine rings is 1. The predicted octanol–water partition coefficient (Wildman–Crippen LogP) is 1.93. The van der Waals surface area contributed by atoms with Crippen LogP contribution in [0.25, 0.3) is 0 Å². The Labute approximate surface area is 167 Å². The highest BCUT2D eigenvalue weighted by Gasteiger charge is 2.29. The van der Waals surface area contributed by atoms with Crippen molar-refractivity contribution >= 4 is 15.9 Å². The van der Waals surface area contributed by atoms with Crippen LogP contribution in [-0.4, -0.2) is 56.3 Å². The molecule has 0 aliphatic carbocycles. The average Bonchev–Trinajstić information content (AvgIpc) is 2.69. The van der Waals surface area contributed by atoms with Crippen molar-refractivity contribution in [3.8, 4) is 0 Å². The van der Waals surface area contributed by atoms with Gasteiger partial charge >= 0.3 is 0 Å². The summed E-state index contributed by atoms with van der Waals surface area (Å²) in [6.07, 6.45) is 0. The highest BCUT2D eigenvalue weighted by molar-refractivity contribution is 7.89. The standard InChI is InChI=1S/C21H27N3O3S/c1-17-8-9-20(14-18(17)2)28(26,27)24-12-10-23(11-13-24)16-21(25)22-15-19-6-4-3-5-7-19/h3-9,14H,10-13,15-16H2,1-2H3,(H,22,25). The van der Waals surface area contributed by atoms with E-state index in [2.05, 4.69) is 5.32 Å². The molecule has 2 aromatic carbocycles. The number of carbonyl (C=O) groups excluding carboxylic acids is 1. The van der Waals surface area contributed by atoms with Gasteiger partial charge in [-0.25, -0.2) is 8.42 Å². The van der Waals surface area contributed by atoms with Crippen LogP contribution in [0.3, 0.4) is 0 Å². The fourth-order valence-electron chi connectivity index (χ4n) is 3.21. The van der Waals surface area contributed by atoms with Crippen LogP contribution in [-0.2, 0) is 21.4 Å². The van der Waals surface area contributed by atoms with Gasteiger partial charge in [0.2, 0.25) is 15.9 Å². The van der Waals surface area contributed by atoms with Gasteiger partial charge in [-0.05, 0) is 42.7 Å². The van der Waals surface area contributed by atoms with Crippen molar-refractivity contribution in [1.29, 1.82) is 0 Å². The van der Waals surface area contributed by atoms with Crippen LogP contribution in [0.5, 0.6) is 0 Å². The fourth-order valence-corrected chi connectivity index (χ4v) is 4.71. The van der Waals surface area contributed by atoms with Crippen LogP contribution in [0.4, 0.5) is 0 Å². The first-order chi connectivity index (χ1) is 13.4. The van der Waals surface area contributed by atoms with Crippen LogP contribution in [0, 0.1) is 13.8 Å². The molecule has 0 unspecified atom stereocenters. The minimum Gasteiger partial charge on any atom is -0.351 e. The first-order valence-corrected chi connectivity index (χ1v) is 10.9. The van der Waals surface area contributed by atoms with Crippen molar-refractivity contribution in [2.24, 2.45) is 0 Å². The van der Waals surface area contributed by atoms with E-state index in [4.69, 9.17) is 0 Å². The van der Waals surface area contributed by atoms with Gasteiger partial charge in [0, 0.05) is 32.7 Å². The number of hydrogen-bond acceptors (Lipinski definition) is 4. The average molecular weight is 402 g/mol. The third-order valence-electron chi connectivity index (χ3n) is 5.15. The lowest BCUT2D eigenvalue weighted by molar-refractivity contribution is -0.122. The van der Waals surface area contributed by atoms with Gasteiger partial charge in [0.25, 0.3) is 0 Å². The summed E-state index contributed by atoms with van der Waals surface area (Å²) < 4.78 is 27.2. The lowest BCUT2D eigenvalue weighted by atomic mass is 10.1. The van der Waals surface area contributed by atoms with E-state index in [9.17, 15) is 13.2 Å². The van der Waals surface area contributed by atoms with E-state index in [1.165, 1.54) is 4.31 Å². The molecule has 1 saturated heterocycles. The van der Waals surface area contributed by atoms with E-state index in [1.54, 1.807) is 12.1 Å². The van der Waals surface area contributed by atoms with E-state index in [0.717, 1.165) is 16.7 Å². The Bertz CT molecular complexity index is 921. The Kier molecular flexibility index (Phi) is 6.49. The van der Waals surface area contributed by atoms with Crippen molar-refractivity contribution in [3.63, 3.8) is 0 Å². The molecule has 0 spiro atoms. The summed E-state index contributed by atoms with van der Waals surface area (Å²) in [7, 11) is -3.49. The van der Waals surface area contributed by atoms with Gasteiger partial charge < -0.3 is 5.32 Å². The van der Waals surface area contributed by atoms with Gasteiger partial charge in [-0.2, -0.15) is 4.31 Å². The molecule has 0 radical (unpaired) electrons. The zero-order valence-electron chi connectivity index (χ0n) is 16.4. The molecule has 0 saturated carbocycles. The van der Waals surface area contributed by atoms with Crippen molar-refractivity contribution in [3.05, 3.63) is 65.2 Å². The van der Waals surface area contributed by atoms with E-state index >= 15 is 0 Å². The molecular formula is C21H27N3O3S. The molecule has 1 N–H and O–H groups in total. The van der Waals surface area contributed by atoms with Gasteiger partial charge in [-0.1, -0.05) is 36.4 Å². The van der Waals surface area contributed by atoms with Gasteiger partial charge in [-0.15, -0.1) is 0 Å². The maximum atomic E-state index is 12.9. The zero-order chi connectivity index (χ0) is 20.1. The summed E-state index contributed by atoms with van der Waals surface area (Å²) in [5.74, 6) is -0.0469. The first kappa shape index (κ1) is 20.5. The predicted molar refractivity (Wildman–Crippen MR) is 109 cm³/mol. The minimum atomic E-state index is -3.49. The summed E-state index contributed by atoms with van der Waals surface area (Å²) in [5, 5.41) is 2.91. The number of nitrogens with zero attached hydrogens (tertiary/aromatic N) is 2. The number of rotatable bonds is 6. The molecule has 0 bridgehead atoms. The number of sulfonamides is 1. The van der Waals surface area contributed by atoms with Crippen molar-refractivity contribution in [1.82, 2.24) is 14.5 Å². The maximum absolute atomic E-state index is 12.9. The van der Waals surface area contributed by atoms with Crippen LogP contribution < -0.4 is 5.32 Å². The van der Waals surface area contributed by atoms with Gasteiger partial charge in [0.05, 0.1) is 11.4 Å². The Balaban J connectivity index is 1.51. The van der Waals surface area contributed by atoms with E-state index < -0.39 is 10.0 Å². The van der Waals surface area contributed by atoms with E-state index in [1.807, 2.05) is 55.1 Å². The molecule has 2 aromatic rings. The smallest absolute Gasteiger partial charge is 0.243 e. The lowest BCUT2D eigenvalue weighted by Gasteiger charge is -2.33. The topological polar surface area (TPSA) is 69.7 Å². The lowest BCUT2D eigenvalue weighted by Crippen LogP contribution is -2.51. The van der Waals surface area contributed by atoms with E-state index in [0.29, 0.717) is 37.6 Å². The van der Waals surface area contributed by atoms with Gasteiger partial charge in [0.15, 0.2) is 0 Å². The van der Waals surface area contributed by atoms with Gasteiger partial charge in [0.1, 0.15) is 0 Å². The molecule has 0 atom stereocenters. The molecule has 1 aliphatic rings. The summed E-state index contributed by atoms with van der Waals surface area (Å²) in [5.41, 5.74) is 3.10. The molecule has 1 fully saturated rings. The highest BCUT2D eigenvalue weighted by Crippen LogP contribution is 2.20. The maximum Gasteiger partial charge on any atom is 0.243 e. The number of benzene rings is 2. The number of carbonyl (C=O) groups is 1. The zero-order valence-corrected chi connectivity index (χ0v) is 17.2. The molecule has 150 valence electrons. The second kappa shape index (κ2) is 8.86. The molecule has 6 nitrogen and oxygen atoms in total. The Morgan fingerprint density at radius 2 is 1.64 bits per heavy atom. The van der Waals surface area contributed by atoms with Crippen LogP contribution in [0.15, 0.2) is 53.4 Å². The van der Waals surface area contributed by atoms with Crippen LogP contribution >= 0.6 is 0 Å². The third-order valence-corrected chi connectivity index (χ3v) is 7.04. The monoisotopic (exact) mass is 401 g/mol. The molecule has 28 heavy (non-hydrogen) atoms. The molecule has 3 rings (SSSR count). The molecular weight excluding hydrogens is 374 g/mol. The third kappa shape index (κ3) is 4.98. The van der Waals surface area contributed by atoms with Crippen molar-refractivity contribution in [2.75, 3.05) is 32.7 Å². The highest BCUT2D eigenvalue weighted by atomic mass is 32.2. The summed E-state index contributed by atoms with van der Waals surface area (Å²) in [4.78, 5) is 14.5. The fraction of sp³-hybridized carbons (Fsp3) is 0.381. The number of aryl methyl sites for hydroxylation is 2. The second-order valence-electron chi connectivity index (χ2n) is 7.19. The van der Waals surface area contributed by atoms with E-state index in [-0.39, 0.29) is 12.5 Å². The molecule has 0 aromatic heterocycles. The van der Waals surface area contributed by atoms with Crippen molar-refractivity contribution < 1.29 is 13.2 Å². The minimum absolute atomic E-state index is 0.0469. The number of hydrogen-bond donors (Lipinski definition) is 1. The Morgan fingerprint density at radius 3 is 2.29 bits per heavy atom. The summed E-state index contributed by atoms with van der Waals surface area (Å²) >= 11 is 0. The molecule has 7 heteroatoms. The van der Waals surface area contributed by atoms with Crippen LogP contribution in [0.2, 0.25) is 0 Å². The summed E-state index contributed by atoms with van der Waals surface area (Å²) in [6, 6.07) is 15.0. The normalized spacial score (nSPS) is 16.1. The number of amides is 1. The first-order valence-electron chi connectivity index (χ1n) is 9.46.